The summed E-state index contributed by atoms with van der Waals surface area (Å²) in [6.07, 6.45) is 1.81. The molecule has 0 aliphatic carbocycles. The van der Waals surface area contributed by atoms with Crippen LogP contribution in [0, 0.1) is 24.0 Å². The number of benzene rings is 3. The quantitative estimate of drug-likeness (QED) is 0.109. The van der Waals surface area contributed by atoms with Crippen LogP contribution in [0.25, 0.3) is 5.69 Å². The molecule has 8 nitrogen and oxygen atoms in total. The zero-order valence-corrected chi connectivity index (χ0v) is 25.4. The van der Waals surface area contributed by atoms with Crippen LogP contribution in [0.3, 0.4) is 0 Å². The molecule has 5 aromatic rings. The van der Waals surface area contributed by atoms with E-state index in [1.165, 1.54) is 12.1 Å². The Bertz CT molecular complexity index is 1790. The molecule has 10 heteroatoms. The van der Waals surface area contributed by atoms with Crippen LogP contribution in [0.5, 0.6) is 5.75 Å². The lowest BCUT2D eigenvalue weighted by molar-refractivity contribution is -0.384. The van der Waals surface area contributed by atoms with Crippen LogP contribution in [0.15, 0.2) is 113 Å². The molecule has 0 bridgehead atoms. The minimum absolute atomic E-state index is 0.0778. The maximum absolute atomic E-state index is 11.0. The third-order valence-electron chi connectivity index (χ3n) is 7.60. The number of ether oxygens (including phenoxy) is 1. The second-order valence-electron chi connectivity index (χ2n) is 10.2. The Morgan fingerprint density at radius 2 is 1.65 bits per heavy atom. The number of nitrogens with zero attached hydrogens (tertiary/aromatic N) is 4. The lowest BCUT2D eigenvalue weighted by Gasteiger charge is -2.28. The number of nitro groups is 1. The number of aromatic nitrogens is 2. The average molecular weight is 608 g/mol. The minimum atomic E-state index is -0.390. The Kier molecular flexibility index (Phi) is 7.88. The summed E-state index contributed by atoms with van der Waals surface area (Å²) in [5.41, 5.74) is 6.34. The van der Waals surface area contributed by atoms with Crippen molar-refractivity contribution in [3.8, 4) is 11.4 Å². The molecule has 3 aromatic carbocycles. The summed E-state index contributed by atoms with van der Waals surface area (Å²) in [6, 6.07) is 30.7. The van der Waals surface area contributed by atoms with Crippen molar-refractivity contribution in [2.24, 2.45) is 0 Å². The lowest BCUT2D eigenvalue weighted by Crippen LogP contribution is -2.29. The van der Waals surface area contributed by atoms with Gasteiger partial charge in [-0.25, -0.2) is 0 Å². The highest BCUT2D eigenvalue weighted by Crippen LogP contribution is 2.44. The van der Waals surface area contributed by atoms with Gasteiger partial charge in [-0.2, -0.15) is 0 Å². The number of methoxy groups -OCH3 is 1. The zero-order chi connectivity index (χ0) is 30.1. The van der Waals surface area contributed by atoms with Crippen LogP contribution < -0.4 is 15.0 Å². The number of nitro benzene ring substituents is 1. The Morgan fingerprint density at radius 1 is 0.930 bits per heavy atom. The summed E-state index contributed by atoms with van der Waals surface area (Å²) in [4.78, 5) is 19.4. The summed E-state index contributed by atoms with van der Waals surface area (Å²) < 4.78 is 7.75. The van der Waals surface area contributed by atoms with Crippen molar-refractivity contribution in [1.82, 2.24) is 14.9 Å². The van der Waals surface area contributed by atoms with Crippen molar-refractivity contribution in [3.63, 3.8) is 0 Å². The predicted octanol–water partition coefficient (Wildman–Crippen LogP) is 7.73. The molecule has 0 radical (unpaired) electrons. The first-order valence-corrected chi connectivity index (χ1v) is 14.9. The lowest BCUT2D eigenvalue weighted by atomic mass is 9.96. The molecule has 2 atom stereocenters. The average Bonchev–Trinajstić information content (AvgIpc) is 3.52. The van der Waals surface area contributed by atoms with E-state index in [0.717, 1.165) is 49.6 Å². The SMILES string of the molecule is COc1cccc(-n2c(C)cc(C3C(c4ccccn4)NC(=S)N3c3ccc(Sc4ccc([N+](=O)[O-])cc4)cc3)c2C)c1. The molecule has 0 amide bonds. The third kappa shape index (κ3) is 5.59. The molecule has 0 saturated carbocycles. The number of rotatable bonds is 8. The number of pyridine rings is 1. The van der Waals surface area contributed by atoms with Crippen LogP contribution in [0.1, 0.15) is 34.7 Å². The molecule has 2 aromatic heterocycles. The molecule has 43 heavy (non-hydrogen) atoms. The number of nitrogens with one attached hydrogen (secondary N) is 1. The molecule has 1 aliphatic heterocycles. The van der Waals surface area contributed by atoms with E-state index in [2.05, 4.69) is 65.0 Å². The molecule has 2 unspecified atom stereocenters. The fraction of sp³-hybridized carbons (Fsp3) is 0.152. The molecule has 0 spiro atoms. The summed E-state index contributed by atoms with van der Waals surface area (Å²) >= 11 is 7.51. The number of hydrogen-bond acceptors (Lipinski definition) is 6. The number of thiocarbonyl (C=S) groups is 1. The van der Waals surface area contributed by atoms with Gasteiger partial charge in [-0.15, -0.1) is 0 Å². The Labute approximate surface area is 259 Å². The largest absolute Gasteiger partial charge is 0.497 e. The second-order valence-corrected chi connectivity index (χ2v) is 11.7. The smallest absolute Gasteiger partial charge is 0.269 e. The van der Waals surface area contributed by atoms with Crippen LogP contribution in [0.2, 0.25) is 0 Å². The predicted molar refractivity (Wildman–Crippen MR) is 173 cm³/mol. The number of non-ortho nitro benzene ring substituents is 1. The van der Waals surface area contributed by atoms with Gasteiger partial charge in [-0.3, -0.25) is 15.1 Å². The Hall–Kier alpha value is -4.67. The van der Waals surface area contributed by atoms with E-state index < -0.39 is 0 Å². The van der Waals surface area contributed by atoms with E-state index in [0.29, 0.717) is 5.11 Å². The number of hydrogen-bond donors (Lipinski definition) is 1. The van der Waals surface area contributed by atoms with E-state index in [1.54, 1.807) is 31.0 Å². The first-order chi connectivity index (χ1) is 20.8. The monoisotopic (exact) mass is 607 g/mol. The summed E-state index contributed by atoms with van der Waals surface area (Å²) in [5.74, 6) is 0.801. The zero-order valence-electron chi connectivity index (χ0n) is 23.8. The van der Waals surface area contributed by atoms with Crippen molar-refractivity contribution in [2.45, 2.75) is 35.7 Å². The van der Waals surface area contributed by atoms with Gasteiger partial charge in [0, 0.05) is 56.9 Å². The first-order valence-electron chi connectivity index (χ1n) is 13.7. The van der Waals surface area contributed by atoms with Gasteiger partial charge in [0.25, 0.3) is 5.69 Å². The second kappa shape index (κ2) is 11.9. The fourth-order valence-corrected chi connectivity index (χ4v) is 6.79. The van der Waals surface area contributed by atoms with Crippen LogP contribution >= 0.6 is 24.0 Å². The van der Waals surface area contributed by atoms with Crippen LogP contribution in [0.4, 0.5) is 11.4 Å². The van der Waals surface area contributed by atoms with Crippen LogP contribution in [-0.2, 0) is 0 Å². The van der Waals surface area contributed by atoms with Crippen molar-refractivity contribution in [3.05, 3.63) is 136 Å². The van der Waals surface area contributed by atoms with E-state index in [4.69, 9.17) is 21.9 Å². The molecule has 1 saturated heterocycles. The van der Waals surface area contributed by atoms with Gasteiger partial charge in [0.1, 0.15) is 5.75 Å². The topological polar surface area (TPSA) is 85.5 Å². The first kappa shape index (κ1) is 28.4. The van der Waals surface area contributed by atoms with Gasteiger partial charge in [0.05, 0.1) is 29.8 Å². The van der Waals surface area contributed by atoms with Gasteiger partial charge >= 0.3 is 0 Å². The van der Waals surface area contributed by atoms with Crippen molar-refractivity contribution < 1.29 is 9.66 Å². The fourth-order valence-electron chi connectivity index (χ4n) is 5.63. The van der Waals surface area contributed by atoms with E-state index in [1.807, 2.05) is 42.6 Å². The van der Waals surface area contributed by atoms with Gasteiger partial charge < -0.3 is 19.5 Å². The summed E-state index contributed by atoms with van der Waals surface area (Å²) in [7, 11) is 1.68. The van der Waals surface area contributed by atoms with Crippen molar-refractivity contribution >= 4 is 40.5 Å². The third-order valence-corrected chi connectivity index (χ3v) is 8.93. The molecule has 216 valence electrons. The molecule has 1 aliphatic rings. The summed E-state index contributed by atoms with van der Waals surface area (Å²) in [5, 5.41) is 15.2. The van der Waals surface area contributed by atoms with Crippen molar-refractivity contribution in [2.75, 3.05) is 12.0 Å². The number of aryl methyl sites for hydroxylation is 1. The van der Waals surface area contributed by atoms with Gasteiger partial charge in [-0.05, 0) is 98.4 Å². The van der Waals surface area contributed by atoms with Gasteiger partial charge in [0.2, 0.25) is 0 Å². The van der Waals surface area contributed by atoms with E-state index in [9.17, 15) is 10.1 Å². The maximum atomic E-state index is 11.0. The highest BCUT2D eigenvalue weighted by molar-refractivity contribution is 7.99. The Morgan fingerprint density at radius 3 is 2.30 bits per heavy atom. The molecule has 3 heterocycles. The molecular weight excluding hydrogens is 579 g/mol. The maximum Gasteiger partial charge on any atom is 0.269 e. The summed E-state index contributed by atoms with van der Waals surface area (Å²) in [6.45, 7) is 4.25. The highest BCUT2D eigenvalue weighted by atomic mass is 32.2. The minimum Gasteiger partial charge on any atom is -0.497 e. The highest BCUT2D eigenvalue weighted by Gasteiger charge is 2.42. The Balaban J connectivity index is 1.37. The molecular formula is C33H29N5O3S2. The van der Waals surface area contributed by atoms with E-state index in [-0.39, 0.29) is 22.7 Å². The van der Waals surface area contributed by atoms with Gasteiger partial charge in [-0.1, -0.05) is 23.9 Å². The number of anilines is 1. The molecule has 6 rings (SSSR count). The standard InChI is InChI=1S/C33H29N5O3S2/c1-21-19-29(22(2)36(21)25-7-6-8-26(20-25)41-3)32-31(30-9-4-5-18-34-30)35-33(42)37(32)23-10-14-27(15-11-23)43-28-16-12-24(13-17-28)38(39)40/h4-20,31-32H,1-3H3,(H,35,42). The van der Waals surface area contributed by atoms with Crippen molar-refractivity contribution in [1.29, 1.82) is 0 Å². The normalized spacial score (nSPS) is 16.3. The van der Waals surface area contributed by atoms with Crippen LogP contribution in [-0.4, -0.2) is 26.7 Å². The molecule has 1 N–H and O–H groups in total. The van der Waals surface area contributed by atoms with E-state index >= 15 is 0 Å². The van der Waals surface area contributed by atoms with Gasteiger partial charge in [0.15, 0.2) is 5.11 Å². The molecule has 1 fully saturated rings.